The van der Waals surface area contributed by atoms with Crippen molar-refractivity contribution in [1.29, 1.82) is 0 Å². The summed E-state index contributed by atoms with van der Waals surface area (Å²) in [6.45, 7) is 6.66. The first kappa shape index (κ1) is 10.9. The molecule has 0 fully saturated rings. The van der Waals surface area contributed by atoms with Crippen LogP contribution in [0.25, 0.3) is 11.3 Å². The molecule has 0 unspecified atom stereocenters. The number of benzene rings is 1. The molecule has 16 heavy (non-hydrogen) atoms. The highest BCUT2D eigenvalue weighted by Crippen LogP contribution is 2.23. The van der Waals surface area contributed by atoms with Crippen molar-refractivity contribution in [2.45, 2.75) is 27.3 Å². The molecule has 0 amide bonds. The molecule has 0 radical (unpaired) electrons. The predicted octanol–water partition coefficient (Wildman–Crippen LogP) is 2.46. The van der Waals surface area contributed by atoms with E-state index in [1.54, 1.807) is 0 Å². The van der Waals surface area contributed by atoms with Crippen molar-refractivity contribution in [3.8, 4) is 11.3 Å². The highest BCUT2D eigenvalue weighted by molar-refractivity contribution is 5.63. The third-order valence-corrected chi connectivity index (χ3v) is 2.88. The number of nitrogens with one attached hydrogen (secondary N) is 1. The standard InChI is InChI=1S/C13H17N3/c1-8-4-5-11(6-9(8)2)13-12(7-14)15-10(3)16-13/h4-6H,7,14H2,1-3H3,(H,15,16). The predicted molar refractivity (Wildman–Crippen MR) is 66.1 cm³/mol. The Morgan fingerprint density at radius 2 is 1.94 bits per heavy atom. The fourth-order valence-corrected chi connectivity index (χ4v) is 1.82. The van der Waals surface area contributed by atoms with Gasteiger partial charge in [0, 0.05) is 12.1 Å². The number of nitrogens with two attached hydrogens (primary N) is 1. The molecule has 0 aliphatic rings. The topological polar surface area (TPSA) is 54.7 Å². The Kier molecular flexibility index (Phi) is 2.79. The maximum absolute atomic E-state index is 5.70. The summed E-state index contributed by atoms with van der Waals surface area (Å²) in [4.78, 5) is 7.68. The van der Waals surface area contributed by atoms with Crippen LogP contribution in [-0.2, 0) is 6.54 Å². The van der Waals surface area contributed by atoms with Crippen LogP contribution in [0.15, 0.2) is 18.2 Å². The van der Waals surface area contributed by atoms with E-state index in [1.807, 2.05) is 6.92 Å². The molecule has 2 rings (SSSR count). The Hall–Kier alpha value is -1.61. The zero-order valence-electron chi connectivity index (χ0n) is 9.96. The second-order valence-corrected chi connectivity index (χ2v) is 4.15. The van der Waals surface area contributed by atoms with Crippen molar-refractivity contribution < 1.29 is 0 Å². The summed E-state index contributed by atoms with van der Waals surface area (Å²) in [7, 11) is 0. The maximum Gasteiger partial charge on any atom is 0.103 e. The van der Waals surface area contributed by atoms with E-state index < -0.39 is 0 Å². The Morgan fingerprint density at radius 1 is 1.19 bits per heavy atom. The molecule has 84 valence electrons. The molecule has 0 aliphatic heterocycles. The summed E-state index contributed by atoms with van der Waals surface area (Å²) >= 11 is 0. The number of nitrogens with zero attached hydrogens (tertiary/aromatic N) is 1. The van der Waals surface area contributed by atoms with Crippen molar-refractivity contribution in [3.63, 3.8) is 0 Å². The van der Waals surface area contributed by atoms with Crippen molar-refractivity contribution >= 4 is 0 Å². The summed E-state index contributed by atoms with van der Waals surface area (Å²) in [5.74, 6) is 0.911. The van der Waals surface area contributed by atoms with Gasteiger partial charge in [-0.05, 0) is 38.0 Å². The van der Waals surface area contributed by atoms with Crippen LogP contribution in [0.2, 0.25) is 0 Å². The summed E-state index contributed by atoms with van der Waals surface area (Å²) < 4.78 is 0. The molecular weight excluding hydrogens is 198 g/mol. The first-order valence-corrected chi connectivity index (χ1v) is 5.45. The van der Waals surface area contributed by atoms with E-state index in [9.17, 15) is 0 Å². The lowest BCUT2D eigenvalue weighted by Crippen LogP contribution is -1.98. The van der Waals surface area contributed by atoms with Gasteiger partial charge in [-0.2, -0.15) is 0 Å². The normalized spacial score (nSPS) is 10.8. The molecule has 3 N–H and O–H groups in total. The zero-order valence-corrected chi connectivity index (χ0v) is 9.96. The molecular formula is C13H17N3. The van der Waals surface area contributed by atoms with Gasteiger partial charge in [-0.25, -0.2) is 4.98 Å². The summed E-state index contributed by atoms with van der Waals surface area (Å²) in [6.07, 6.45) is 0. The summed E-state index contributed by atoms with van der Waals surface area (Å²) in [5.41, 5.74) is 11.4. The van der Waals surface area contributed by atoms with Crippen LogP contribution >= 0.6 is 0 Å². The van der Waals surface area contributed by atoms with Crippen LogP contribution in [0.3, 0.4) is 0 Å². The molecule has 1 heterocycles. The van der Waals surface area contributed by atoms with Gasteiger partial charge >= 0.3 is 0 Å². The van der Waals surface area contributed by atoms with Crippen LogP contribution in [0, 0.1) is 20.8 Å². The van der Waals surface area contributed by atoms with Gasteiger partial charge in [0.1, 0.15) is 5.82 Å². The number of aromatic nitrogens is 2. The van der Waals surface area contributed by atoms with E-state index in [4.69, 9.17) is 5.73 Å². The number of rotatable bonds is 2. The smallest absolute Gasteiger partial charge is 0.103 e. The summed E-state index contributed by atoms with van der Waals surface area (Å²) in [6, 6.07) is 6.37. The quantitative estimate of drug-likeness (QED) is 0.808. The fourth-order valence-electron chi connectivity index (χ4n) is 1.82. The lowest BCUT2D eigenvalue weighted by molar-refractivity contribution is 0.998. The van der Waals surface area contributed by atoms with Gasteiger partial charge in [-0.1, -0.05) is 12.1 Å². The van der Waals surface area contributed by atoms with E-state index in [0.717, 1.165) is 22.8 Å². The van der Waals surface area contributed by atoms with Crippen LogP contribution in [0.1, 0.15) is 22.6 Å². The van der Waals surface area contributed by atoms with Crippen LogP contribution in [-0.4, -0.2) is 9.97 Å². The number of hydrogen-bond donors (Lipinski definition) is 2. The van der Waals surface area contributed by atoms with Gasteiger partial charge in [0.05, 0.1) is 11.4 Å². The fraction of sp³-hybridized carbons (Fsp3) is 0.308. The van der Waals surface area contributed by atoms with Gasteiger partial charge < -0.3 is 10.7 Å². The third-order valence-electron chi connectivity index (χ3n) is 2.88. The van der Waals surface area contributed by atoms with Crippen LogP contribution in [0.5, 0.6) is 0 Å². The average Bonchev–Trinajstić information content (AvgIpc) is 2.63. The summed E-state index contributed by atoms with van der Waals surface area (Å²) in [5, 5.41) is 0. The van der Waals surface area contributed by atoms with E-state index in [1.165, 1.54) is 11.1 Å². The van der Waals surface area contributed by atoms with Crippen LogP contribution in [0.4, 0.5) is 0 Å². The molecule has 3 nitrogen and oxygen atoms in total. The molecule has 3 heteroatoms. The van der Waals surface area contributed by atoms with Gasteiger partial charge in [0.15, 0.2) is 0 Å². The van der Waals surface area contributed by atoms with Crippen molar-refractivity contribution in [1.82, 2.24) is 9.97 Å². The van der Waals surface area contributed by atoms with Gasteiger partial charge in [0.2, 0.25) is 0 Å². The monoisotopic (exact) mass is 215 g/mol. The number of aryl methyl sites for hydroxylation is 3. The van der Waals surface area contributed by atoms with E-state index >= 15 is 0 Å². The minimum atomic E-state index is 0.489. The number of imidazole rings is 1. The average molecular weight is 215 g/mol. The minimum Gasteiger partial charge on any atom is -0.345 e. The molecule has 0 saturated carbocycles. The number of aromatic amines is 1. The highest BCUT2D eigenvalue weighted by atomic mass is 14.9. The third kappa shape index (κ3) is 1.86. The lowest BCUT2D eigenvalue weighted by atomic mass is 10.0. The van der Waals surface area contributed by atoms with E-state index in [0.29, 0.717) is 6.54 Å². The first-order valence-electron chi connectivity index (χ1n) is 5.45. The second kappa shape index (κ2) is 4.10. The second-order valence-electron chi connectivity index (χ2n) is 4.15. The molecule has 0 aliphatic carbocycles. The van der Waals surface area contributed by atoms with Gasteiger partial charge in [-0.3, -0.25) is 0 Å². The number of hydrogen-bond acceptors (Lipinski definition) is 2. The van der Waals surface area contributed by atoms with Crippen molar-refractivity contribution in [2.75, 3.05) is 0 Å². The van der Waals surface area contributed by atoms with Gasteiger partial charge in [0.25, 0.3) is 0 Å². The molecule has 0 spiro atoms. The Bertz CT molecular complexity index is 512. The first-order chi connectivity index (χ1) is 7.61. The van der Waals surface area contributed by atoms with E-state index in [2.05, 4.69) is 42.0 Å². The molecule has 0 saturated heterocycles. The Balaban J connectivity index is 2.53. The minimum absolute atomic E-state index is 0.489. The molecule has 0 atom stereocenters. The molecule has 0 bridgehead atoms. The van der Waals surface area contributed by atoms with Crippen LogP contribution < -0.4 is 5.73 Å². The van der Waals surface area contributed by atoms with Crippen molar-refractivity contribution in [2.24, 2.45) is 5.73 Å². The molecule has 1 aromatic carbocycles. The Labute approximate surface area is 95.7 Å². The molecule has 2 aromatic rings. The Morgan fingerprint density at radius 3 is 2.56 bits per heavy atom. The molecule has 1 aromatic heterocycles. The SMILES string of the molecule is Cc1nc(-c2ccc(C)c(C)c2)c(CN)[nH]1. The van der Waals surface area contributed by atoms with E-state index in [-0.39, 0.29) is 0 Å². The zero-order chi connectivity index (χ0) is 11.7. The van der Waals surface area contributed by atoms with Crippen molar-refractivity contribution in [3.05, 3.63) is 40.8 Å². The highest BCUT2D eigenvalue weighted by Gasteiger charge is 2.09. The number of H-pyrrole nitrogens is 1. The largest absolute Gasteiger partial charge is 0.345 e. The van der Waals surface area contributed by atoms with Gasteiger partial charge in [-0.15, -0.1) is 0 Å². The maximum atomic E-state index is 5.70. The lowest BCUT2D eigenvalue weighted by Gasteiger charge is -2.04.